The number of aromatic nitrogens is 2. The second kappa shape index (κ2) is 4.58. The molecule has 4 heteroatoms. The van der Waals surface area contributed by atoms with Crippen LogP contribution in [0.1, 0.15) is 38.1 Å². The summed E-state index contributed by atoms with van der Waals surface area (Å²) >= 11 is 6.09. The largest absolute Gasteiger partial charge is 0.367 e. The van der Waals surface area contributed by atoms with Gasteiger partial charge in [-0.05, 0) is 32.6 Å². The molecule has 0 saturated heterocycles. The van der Waals surface area contributed by atoms with Crippen LogP contribution in [0.25, 0.3) is 0 Å². The molecule has 88 valence electrons. The zero-order valence-electron chi connectivity index (χ0n) is 10.0. The lowest BCUT2D eigenvalue weighted by Crippen LogP contribution is -2.19. The Hall–Kier alpha value is -0.830. The molecule has 16 heavy (non-hydrogen) atoms. The van der Waals surface area contributed by atoms with Gasteiger partial charge in [-0.1, -0.05) is 18.5 Å². The second-order valence-electron chi connectivity index (χ2n) is 4.53. The molecule has 1 aliphatic carbocycles. The molecule has 0 amide bonds. The highest BCUT2D eigenvalue weighted by molar-refractivity contribution is 6.30. The van der Waals surface area contributed by atoms with Crippen molar-refractivity contribution in [2.75, 3.05) is 5.32 Å². The van der Waals surface area contributed by atoms with Gasteiger partial charge in [0.15, 0.2) is 0 Å². The Balaban J connectivity index is 2.20. The first-order valence-corrected chi connectivity index (χ1v) is 6.29. The Morgan fingerprint density at radius 3 is 2.69 bits per heavy atom. The summed E-state index contributed by atoms with van der Waals surface area (Å²) in [5.41, 5.74) is 0.950. The van der Waals surface area contributed by atoms with Gasteiger partial charge in [0.25, 0.3) is 0 Å². The van der Waals surface area contributed by atoms with Crippen molar-refractivity contribution in [3.63, 3.8) is 0 Å². The van der Waals surface area contributed by atoms with Crippen LogP contribution < -0.4 is 5.32 Å². The Morgan fingerprint density at radius 1 is 1.44 bits per heavy atom. The van der Waals surface area contributed by atoms with E-state index < -0.39 is 0 Å². The highest BCUT2D eigenvalue weighted by atomic mass is 35.5. The molecule has 3 nitrogen and oxygen atoms in total. The molecule has 0 spiro atoms. The van der Waals surface area contributed by atoms with Crippen LogP contribution in [0.15, 0.2) is 0 Å². The van der Waals surface area contributed by atoms with E-state index in [1.165, 1.54) is 12.8 Å². The van der Waals surface area contributed by atoms with Crippen molar-refractivity contribution in [1.29, 1.82) is 0 Å². The molecular weight excluding hydrogens is 222 g/mol. The molecular formula is C12H18ClN3. The van der Waals surface area contributed by atoms with Gasteiger partial charge in [-0.15, -0.1) is 0 Å². The lowest BCUT2D eigenvalue weighted by molar-refractivity contribution is 0.687. The summed E-state index contributed by atoms with van der Waals surface area (Å²) < 4.78 is 0. The summed E-state index contributed by atoms with van der Waals surface area (Å²) in [5.74, 6) is 2.51. The number of hydrogen-bond donors (Lipinski definition) is 1. The fraction of sp³-hybridized carbons (Fsp3) is 0.667. The topological polar surface area (TPSA) is 37.8 Å². The van der Waals surface area contributed by atoms with E-state index in [0.29, 0.717) is 11.2 Å². The van der Waals surface area contributed by atoms with E-state index in [-0.39, 0.29) is 0 Å². The zero-order chi connectivity index (χ0) is 11.7. The Labute approximate surface area is 102 Å². The molecule has 1 saturated carbocycles. The smallest absolute Gasteiger partial charge is 0.137 e. The van der Waals surface area contributed by atoms with Gasteiger partial charge < -0.3 is 5.32 Å². The second-order valence-corrected chi connectivity index (χ2v) is 4.89. The van der Waals surface area contributed by atoms with E-state index >= 15 is 0 Å². The number of nitrogens with one attached hydrogen (secondary N) is 1. The Morgan fingerprint density at radius 2 is 2.12 bits per heavy atom. The molecule has 2 rings (SSSR count). The number of rotatable bonds is 4. The van der Waals surface area contributed by atoms with Gasteiger partial charge in [0, 0.05) is 18.0 Å². The van der Waals surface area contributed by atoms with Crippen molar-refractivity contribution in [2.24, 2.45) is 5.92 Å². The maximum Gasteiger partial charge on any atom is 0.137 e. The highest BCUT2D eigenvalue weighted by Gasteiger charge is 2.28. The van der Waals surface area contributed by atoms with Crippen molar-refractivity contribution in [1.82, 2.24) is 9.97 Å². The van der Waals surface area contributed by atoms with Gasteiger partial charge in [0.2, 0.25) is 0 Å². The van der Waals surface area contributed by atoms with Crippen molar-refractivity contribution in [2.45, 2.75) is 46.1 Å². The third-order valence-electron chi connectivity index (χ3n) is 3.14. The lowest BCUT2D eigenvalue weighted by atomic mass is 10.2. The number of halogens is 1. The third kappa shape index (κ3) is 2.46. The molecule has 0 bridgehead atoms. The van der Waals surface area contributed by atoms with E-state index in [2.05, 4.69) is 22.2 Å². The molecule has 0 aromatic carbocycles. The first kappa shape index (κ1) is 11.6. The minimum Gasteiger partial charge on any atom is -0.367 e. The number of nitrogens with zero attached hydrogens (tertiary/aromatic N) is 2. The van der Waals surface area contributed by atoms with Gasteiger partial charge in [0.05, 0.1) is 0 Å². The molecule has 1 fully saturated rings. The van der Waals surface area contributed by atoms with E-state index in [9.17, 15) is 0 Å². The van der Waals surface area contributed by atoms with Gasteiger partial charge in [0.1, 0.15) is 16.8 Å². The highest BCUT2D eigenvalue weighted by Crippen LogP contribution is 2.34. The van der Waals surface area contributed by atoms with Gasteiger partial charge in [-0.3, -0.25) is 0 Å². The molecule has 1 N–H and O–H groups in total. The van der Waals surface area contributed by atoms with Crippen molar-refractivity contribution in [3.05, 3.63) is 16.5 Å². The molecule has 1 heterocycles. The van der Waals surface area contributed by atoms with Crippen LogP contribution in [-0.2, 0) is 6.42 Å². The molecule has 1 aromatic rings. The standard InChI is InChI=1S/C12H18ClN3/c1-4-10-15-11(13)7(2)12(16-10)14-8(3)9-5-6-9/h8-9H,4-6H2,1-3H3,(H,14,15,16). The molecule has 1 aromatic heterocycles. The monoisotopic (exact) mass is 239 g/mol. The molecule has 1 aliphatic rings. The fourth-order valence-electron chi connectivity index (χ4n) is 1.76. The summed E-state index contributed by atoms with van der Waals surface area (Å²) in [5, 5.41) is 4.02. The first-order valence-electron chi connectivity index (χ1n) is 5.91. The van der Waals surface area contributed by atoms with Gasteiger partial charge in [-0.25, -0.2) is 9.97 Å². The van der Waals surface area contributed by atoms with E-state index in [0.717, 1.165) is 29.5 Å². The van der Waals surface area contributed by atoms with E-state index in [1.807, 2.05) is 13.8 Å². The first-order chi connectivity index (χ1) is 7.61. The Kier molecular flexibility index (Phi) is 3.33. The minimum atomic E-state index is 0.481. The van der Waals surface area contributed by atoms with Crippen molar-refractivity contribution in [3.8, 4) is 0 Å². The maximum atomic E-state index is 6.09. The minimum absolute atomic E-state index is 0.481. The van der Waals surface area contributed by atoms with Crippen LogP contribution >= 0.6 is 11.6 Å². The van der Waals surface area contributed by atoms with Crippen molar-refractivity contribution < 1.29 is 0 Å². The quantitative estimate of drug-likeness (QED) is 0.820. The SMILES string of the molecule is CCc1nc(Cl)c(C)c(NC(C)C2CC2)n1. The normalized spacial score (nSPS) is 17.2. The molecule has 0 radical (unpaired) electrons. The van der Waals surface area contributed by atoms with Crippen LogP contribution in [0.4, 0.5) is 5.82 Å². The number of anilines is 1. The average molecular weight is 240 g/mol. The summed E-state index contributed by atoms with van der Waals surface area (Å²) in [4.78, 5) is 8.73. The van der Waals surface area contributed by atoms with Crippen LogP contribution in [0.2, 0.25) is 5.15 Å². The predicted octanol–water partition coefficient (Wildman–Crippen LogP) is 3.21. The maximum absolute atomic E-state index is 6.09. The number of aryl methyl sites for hydroxylation is 1. The molecule has 1 unspecified atom stereocenters. The predicted molar refractivity (Wildman–Crippen MR) is 67.0 cm³/mol. The average Bonchev–Trinajstić information content (AvgIpc) is 3.07. The van der Waals surface area contributed by atoms with Crippen LogP contribution in [0.3, 0.4) is 0 Å². The molecule has 1 atom stereocenters. The summed E-state index contributed by atoms with van der Waals surface area (Å²) in [6.45, 7) is 6.21. The van der Waals surface area contributed by atoms with Crippen molar-refractivity contribution >= 4 is 17.4 Å². The third-order valence-corrected chi connectivity index (χ3v) is 3.51. The fourth-order valence-corrected chi connectivity index (χ4v) is 1.95. The van der Waals surface area contributed by atoms with Crippen LogP contribution in [-0.4, -0.2) is 16.0 Å². The lowest BCUT2D eigenvalue weighted by Gasteiger charge is -2.16. The summed E-state index contributed by atoms with van der Waals surface area (Å²) in [6, 6.07) is 0.481. The van der Waals surface area contributed by atoms with E-state index in [4.69, 9.17) is 11.6 Å². The van der Waals surface area contributed by atoms with Gasteiger partial charge >= 0.3 is 0 Å². The summed E-state index contributed by atoms with van der Waals surface area (Å²) in [6.07, 6.45) is 3.46. The number of hydrogen-bond acceptors (Lipinski definition) is 3. The van der Waals surface area contributed by atoms with Crippen LogP contribution in [0, 0.1) is 12.8 Å². The molecule has 0 aliphatic heterocycles. The van der Waals surface area contributed by atoms with E-state index in [1.54, 1.807) is 0 Å². The Bertz CT molecular complexity index is 388. The summed E-state index contributed by atoms with van der Waals surface area (Å²) in [7, 11) is 0. The van der Waals surface area contributed by atoms with Crippen LogP contribution in [0.5, 0.6) is 0 Å². The van der Waals surface area contributed by atoms with Gasteiger partial charge in [-0.2, -0.15) is 0 Å². The zero-order valence-corrected chi connectivity index (χ0v) is 10.8.